The van der Waals surface area contributed by atoms with Gasteiger partial charge in [-0.1, -0.05) is 23.8 Å². The lowest BCUT2D eigenvalue weighted by molar-refractivity contribution is 1.14. The van der Waals surface area contributed by atoms with Crippen LogP contribution in [0.15, 0.2) is 43.5 Å². The zero-order chi connectivity index (χ0) is 13.7. The molecular formula is C15H18N4. The van der Waals surface area contributed by atoms with E-state index in [1.54, 1.807) is 12.2 Å². The van der Waals surface area contributed by atoms with Crippen molar-refractivity contribution in [2.24, 2.45) is 0 Å². The molecule has 2 N–H and O–H groups in total. The van der Waals surface area contributed by atoms with Crippen LogP contribution in [0.2, 0.25) is 0 Å². The fraction of sp³-hybridized carbons (Fsp3) is 0.200. The van der Waals surface area contributed by atoms with Crippen molar-refractivity contribution in [3.8, 4) is 0 Å². The summed E-state index contributed by atoms with van der Waals surface area (Å²) in [5, 5.41) is 7.38. The average molecular weight is 254 g/mol. The Bertz CT molecular complexity index is 604. The molecule has 19 heavy (non-hydrogen) atoms. The van der Waals surface area contributed by atoms with Crippen LogP contribution < -0.4 is 10.6 Å². The van der Waals surface area contributed by atoms with Crippen LogP contribution in [-0.2, 0) is 0 Å². The highest BCUT2D eigenvalue weighted by Gasteiger charge is 2.06. The van der Waals surface area contributed by atoms with E-state index in [0.29, 0.717) is 19.0 Å². The quantitative estimate of drug-likeness (QED) is 0.778. The van der Waals surface area contributed by atoms with Crippen molar-refractivity contribution in [2.75, 3.05) is 23.7 Å². The Morgan fingerprint density at radius 3 is 2.58 bits per heavy atom. The van der Waals surface area contributed by atoms with Gasteiger partial charge in [-0.15, -0.1) is 13.2 Å². The summed E-state index contributed by atoms with van der Waals surface area (Å²) in [6.45, 7) is 10.7. The molecule has 0 bridgehead atoms. The Morgan fingerprint density at radius 2 is 1.84 bits per heavy atom. The highest BCUT2D eigenvalue weighted by Crippen LogP contribution is 2.23. The topological polar surface area (TPSA) is 49.8 Å². The minimum absolute atomic E-state index is 0.600. The van der Waals surface area contributed by atoms with Gasteiger partial charge in [0.2, 0.25) is 5.95 Å². The number of hydrogen-bond acceptors (Lipinski definition) is 4. The van der Waals surface area contributed by atoms with Gasteiger partial charge in [-0.2, -0.15) is 4.98 Å². The van der Waals surface area contributed by atoms with E-state index in [4.69, 9.17) is 0 Å². The van der Waals surface area contributed by atoms with Gasteiger partial charge >= 0.3 is 0 Å². The molecule has 1 aromatic carbocycles. The normalized spacial score (nSPS) is 10.2. The molecule has 0 fully saturated rings. The molecule has 0 amide bonds. The Morgan fingerprint density at radius 1 is 1.11 bits per heavy atom. The summed E-state index contributed by atoms with van der Waals surface area (Å²) in [5.74, 6) is 1.42. The van der Waals surface area contributed by atoms with Crippen LogP contribution in [0.3, 0.4) is 0 Å². The highest BCUT2D eigenvalue weighted by molar-refractivity contribution is 5.90. The molecule has 1 heterocycles. The molecule has 2 rings (SSSR count). The molecule has 0 aliphatic heterocycles. The summed E-state index contributed by atoms with van der Waals surface area (Å²) in [5.41, 5.74) is 2.10. The first kappa shape index (κ1) is 13.1. The second-order valence-electron chi connectivity index (χ2n) is 4.26. The first-order valence-electron chi connectivity index (χ1n) is 6.22. The highest BCUT2D eigenvalue weighted by atomic mass is 15.1. The van der Waals surface area contributed by atoms with Crippen molar-refractivity contribution in [1.82, 2.24) is 9.97 Å². The summed E-state index contributed by atoms with van der Waals surface area (Å²) in [6.07, 6.45) is 3.58. The molecule has 0 saturated carbocycles. The van der Waals surface area contributed by atoms with Crippen molar-refractivity contribution < 1.29 is 0 Å². The maximum absolute atomic E-state index is 4.49. The number of aryl methyl sites for hydroxylation is 1. The third-order valence-electron chi connectivity index (χ3n) is 2.67. The molecule has 0 saturated heterocycles. The van der Waals surface area contributed by atoms with E-state index < -0.39 is 0 Å². The van der Waals surface area contributed by atoms with Gasteiger partial charge in [0, 0.05) is 18.5 Å². The van der Waals surface area contributed by atoms with Gasteiger partial charge in [0.05, 0.1) is 5.52 Å². The van der Waals surface area contributed by atoms with E-state index in [1.807, 2.05) is 12.1 Å². The molecule has 0 aliphatic rings. The second-order valence-corrected chi connectivity index (χ2v) is 4.26. The lowest BCUT2D eigenvalue weighted by Crippen LogP contribution is -2.07. The van der Waals surface area contributed by atoms with Gasteiger partial charge < -0.3 is 10.6 Å². The van der Waals surface area contributed by atoms with E-state index in [9.17, 15) is 0 Å². The van der Waals surface area contributed by atoms with Crippen molar-refractivity contribution in [3.63, 3.8) is 0 Å². The van der Waals surface area contributed by atoms with Gasteiger partial charge in [-0.05, 0) is 19.1 Å². The van der Waals surface area contributed by atoms with Gasteiger partial charge in [-0.25, -0.2) is 4.98 Å². The number of benzene rings is 1. The molecule has 0 aliphatic carbocycles. The summed E-state index contributed by atoms with van der Waals surface area (Å²) in [7, 11) is 0. The number of hydrogen-bond donors (Lipinski definition) is 2. The van der Waals surface area contributed by atoms with Gasteiger partial charge in [0.1, 0.15) is 5.82 Å². The average Bonchev–Trinajstić information content (AvgIpc) is 2.42. The molecule has 4 heteroatoms. The monoisotopic (exact) mass is 254 g/mol. The molecule has 0 atom stereocenters. The standard InChI is InChI=1S/C15H18N4/c1-4-8-16-14-12-10-11(3)6-7-13(12)18-15(19-14)17-9-5-2/h4-7,10H,1-2,8-9H2,3H3,(H2,16,17,18,19). The fourth-order valence-corrected chi connectivity index (χ4v) is 1.79. The minimum Gasteiger partial charge on any atom is -0.366 e. The third kappa shape index (κ3) is 3.10. The zero-order valence-electron chi connectivity index (χ0n) is 11.1. The van der Waals surface area contributed by atoms with Crippen molar-refractivity contribution >= 4 is 22.7 Å². The number of aromatic nitrogens is 2. The Labute approximate surface area is 113 Å². The van der Waals surface area contributed by atoms with E-state index in [0.717, 1.165) is 16.7 Å². The fourth-order valence-electron chi connectivity index (χ4n) is 1.79. The molecule has 0 spiro atoms. The lowest BCUT2D eigenvalue weighted by Gasteiger charge is -2.10. The first-order valence-corrected chi connectivity index (χ1v) is 6.22. The third-order valence-corrected chi connectivity index (χ3v) is 2.67. The Kier molecular flexibility index (Phi) is 4.13. The predicted octanol–water partition coefficient (Wildman–Crippen LogP) is 3.13. The lowest BCUT2D eigenvalue weighted by atomic mass is 10.1. The van der Waals surface area contributed by atoms with E-state index in [1.165, 1.54) is 5.56 Å². The van der Waals surface area contributed by atoms with E-state index in [-0.39, 0.29) is 0 Å². The van der Waals surface area contributed by atoms with Crippen LogP contribution >= 0.6 is 0 Å². The van der Waals surface area contributed by atoms with Crippen molar-refractivity contribution in [1.29, 1.82) is 0 Å². The van der Waals surface area contributed by atoms with Crippen molar-refractivity contribution in [2.45, 2.75) is 6.92 Å². The SMILES string of the molecule is C=CCNc1nc(NCC=C)c2cc(C)ccc2n1. The summed E-state index contributed by atoms with van der Waals surface area (Å²) in [4.78, 5) is 8.97. The van der Waals surface area contributed by atoms with Crippen LogP contribution in [0.25, 0.3) is 10.9 Å². The van der Waals surface area contributed by atoms with Gasteiger partial charge in [0.25, 0.3) is 0 Å². The van der Waals surface area contributed by atoms with E-state index in [2.05, 4.69) is 46.7 Å². The molecular weight excluding hydrogens is 236 g/mol. The Balaban J connectivity index is 2.48. The zero-order valence-corrected chi connectivity index (χ0v) is 11.1. The van der Waals surface area contributed by atoms with Crippen LogP contribution in [0.1, 0.15) is 5.56 Å². The molecule has 0 radical (unpaired) electrons. The van der Waals surface area contributed by atoms with E-state index >= 15 is 0 Å². The van der Waals surface area contributed by atoms with Crippen molar-refractivity contribution in [3.05, 3.63) is 49.1 Å². The second kappa shape index (κ2) is 6.00. The molecule has 98 valence electrons. The number of anilines is 2. The molecule has 2 aromatic rings. The Hall–Kier alpha value is -2.36. The number of fused-ring (bicyclic) bond motifs is 1. The van der Waals surface area contributed by atoms with Crippen LogP contribution in [0.5, 0.6) is 0 Å². The predicted molar refractivity (Wildman–Crippen MR) is 81.6 cm³/mol. The molecule has 4 nitrogen and oxygen atoms in total. The van der Waals surface area contributed by atoms with Crippen LogP contribution in [0.4, 0.5) is 11.8 Å². The van der Waals surface area contributed by atoms with Crippen LogP contribution in [0, 0.1) is 6.92 Å². The number of rotatable bonds is 6. The summed E-state index contributed by atoms with van der Waals surface area (Å²) < 4.78 is 0. The van der Waals surface area contributed by atoms with Gasteiger partial charge in [-0.3, -0.25) is 0 Å². The van der Waals surface area contributed by atoms with Crippen LogP contribution in [-0.4, -0.2) is 23.1 Å². The van der Waals surface area contributed by atoms with Gasteiger partial charge in [0.15, 0.2) is 0 Å². The smallest absolute Gasteiger partial charge is 0.225 e. The summed E-state index contributed by atoms with van der Waals surface area (Å²) in [6, 6.07) is 6.13. The first-order chi connectivity index (χ1) is 9.24. The number of nitrogens with zero attached hydrogens (tertiary/aromatic N) is 2. The maximum atomic E-state index is 4.49. The molecule has 1 aromatic heterocycles. The minimum atomic E-state index is 0.600. The molecule has 0 unspecified atom stereocenters. The number of nitrogens with one attached hydrogen (secondary N) is 2. The maximum Gasteiger partial charge on any atom is 0.225 e. The summed E-state index contributed by atoms with van der Waals surface area (Å²) >= 11 is 0. The largest absolute Gasteiger partial charge is 0.366 e.